The molecule has 0 unspecified atom stereocenters. The zero-order valence-electron chi connectivity index (χ0n) is 30.0. The van der Waals surface area contributed by atoms with Crippen LogP contribution >= 0.6 is 0 Å². The first-order valence-corrected chi connectivity index (χ1v) is 18.1. The molecule has 0 saturated heterocycles. The lowest BCUT2D eigenvalue weighted by Crippen LogP contribution is -2.32. The van der Waals surface area contributed by atoms with E-state index in [0.29, 0.717) is 0 Å². The molecule has 2 nitrogen and oxygen atoms in total. The molecule has 53 heavy (non-hydrogen) atoms. The largest absolute Gasteiger partial charge is 0.310 e. The fraction of sp³-hybridized carbons (Fsp3) is 0.0588. The molecular weight excluding hydrogens is 641 g/mol. The van der Waals surface area contributed by atoms with E-state index in [1.807, 2.05) is 18.2 Å². The summed E-state index contributed by atoms with van der Waals surface area (Å²) < 4.78 is 0. The second-order valence-electron chi connectivity index (χ2n) is 14.2. The van der Waals surface area contributed by atoms with Crippen LogP contribution in [0.1, 0.15) is 36.1 Å². The number of hydrogen-bond acceptors (Lipinski definition) is 2. The quantitative estimate of drug-likeness (QED) is 0.148. The summed E-state index contributed by atoms with van der Waals surface area (Å²) in [6.45, 7) is 12.7. The van der Waals surface area contributed by atoms with Crippen LogP contribution in [0.4, 0.5) is 28.4 Å². The van der Waals surface area contributed by atoms with Crippen LogP contribution < -0.4 is 20.2 Å². The summed E-state index contributed by atoms with van der Waals surface area (Å²) in [4.78, 5) is 4.74. The highest BCUT2D eigenvalue weighted by atomic mass is 15.2. The van der Waals surface area contributed by atoms with Crippen molar-refractivity contribution < 1.29 is 0 Å². The highest BCUT2D eigenvalue weighted by Gasteiger charge is 2.37. The molecule has 7 aromatic carbocycles. The van der Waals surface area contributed by atoms with Crippen LogP contribution in [-0.2, 0) is 5.41 Å². The summed E-state index contributed by atoms with van der Waals surface area (Å²) >= 11 is 0. The van der Waals surface area contributed by atoms with E-state index < -0.39 is 0 Å². The van der Waals surface area contributed by atoms with Gasteiger partial charge in [0, 0.05) is 50.1 Å². The Morgan fingerprint density at radius 3 is 1.75 bits per heavy atom. The summed E-state index contributed by atoms with van der Waals surface area (Å²) in [5, 5.41) is 4.58. The summed E-state index contributed by atoms with van der Waals surface area (Å²) in [7, 11) is 0. The number of rotatable bonds is 8. The Morgan fingerprint density at radius 1 is 0.547 bits per heavy atom. The molecular formula is C51H38N2. The second-order valence-corrected chi connectivity index (χ2v) is 14.2. The average Bonchev–Trinajstić information content (AvgIpc) is 3.43. The van der Waals surface area contributed by atoms with Crippen molar-refractivity contribution >= 4 is 62.8 Å². The van der Waals surface area contributed by atoms with E-state index in [9.17, 15) is 0 Å². The number of fused-ring (bicyclic) bond motifs is 5. The van der Waals surface area contributed by atoms with E-state index in [-0.39, 0.29) is 5.41 Å². The average molecular weight is 679 g/mol. The highest BCUT2D eigenvalue weighted by molar-refractivity contribution is 5.99. The van der Waals surface area contributed by atoms with Gasteiger partial charge < -0.3 is 9.80 Å². The van der Waals surface area contributed by atoms with Crippen molar-refractivity contribution in [1.29, 1.82) is 0 Å². The number of benzene rings is 7. The lowest BCUT2D eigenvalue weighted by molar-refractivity contribution is 0.660. The van der Waals surface area contributed by atoms with E-state index in [4.69, 9.17) is 0 Å². The minimum atomic E-state index is -0.259. The van der Waals surface area contributed by atoms with Crippen LogP contribution in [0.3, 0.4) is 0 Å². The fourth-order valence-corrected chi connectivity index (χ4v) is 8.03. The van der Waals surface area contributed by atoms with Gasteiger partial charge >= 0.3 is 0 Å². The maximum absolute atomic E-state index is 3.99. The molecule has 0 N–H and O–H groups in total. The zero-order valence-corrected chi connectivity index (χ0v) is 30.0. The molecule has 0 radical (unpaired) electrons. The minimum Gasteiger partial charge on any atom is -0.310 e. The van der Waals surface area contributed by atoms with Gasteiger partial charge in [-0.05, 0) is 99.4 Å². The molecule has 2 aliphatic rings. The summed E-state index contributed by atoms with van der Waals surface area (Å²) in [5.74, 6) is 0. The minimum absolute atomic E-state index is 0.259. The smallest absolute Gasteiger partial charge is 0.0630 e. The third-order valence-corrected chi connectivity index (χ3v) is 10.8. The fourth-order valence-electron chi connectivity index (χ4n) is 8.03. The topological polar surface area (TPSA) is 6.48 Å². The molecule has 2 aliphatic carbocycles. The predicted molar refractivity (Wildman–Crippen MR) is 226 cm³/mol. The number of anilines is 5. The summed E-state index contributed by atoms with van der Waals surface area (Å²) in [6, 6.07) is 54.8. The molecule has 0 spiro atoms. The van der Waals surface area contributed by atoms with Crippen molar-refractivity contribution in [3.8, 4) is 11.1 Å². The van der Waals surface area contributed by atoms with Crippen LogP contribution in [0.5, 0.6) is 0 Å². The van der Waals surface area contributed by atoms with Gasteiger partial charge in [0.15, 0.2) is 0 Å². The van der Waals surface area contributed by atoms with Gasteiger partial charge in [-0.3, -0.25) is 0 Å². The maximum atomic E-state index is 3.99. The highest BCUT2D eigenvalue weighted by Crippen LogP contribution is 2.52. The molecule has 0 amide bonds. The van der Waals surface area contributed by atoms with Gasteiger partial charge in [0.2, 0.25) is 0 Å². The van der Waals surface area contributed by atoms with Crippen LogP contribution in [0.15, 0.2) is 177 Å². The van der Waals surface area contributed by atoms with Gasteiger partial charge in [0.1, 0.15) is 0 Å². The van der Waals surface area contributed by atoms with Gasteiger partial charge in [-0.15, -0.1) is 0 Å². The third-order valence-electron chi connectivity index (χ3n) is 10.8. The Balaban J connectivity index is 1.19. The Morgan fingerprint density at radius 2 is 1.09 bits per heavy atom. The lowest BCUT2D eigenvalue weighted by atomic mass is 9.82. The van der Waals surface area contributed by atoms with Gasteiger partial charge in [0.25, 0.3) is 0 Å². The van der Waals surface area contributed by atoms with Crippen molar-refractivity contribution in [1.82, 2.24) is 0 Å². The molecule has 0 aromatic heterocycles. The van der Waals surface area contributed by atoms with Crippen LogP contribution in [0.2, 0.25) is 0 Å². The van der Waals surface area contributed by atoms with Gasteiger partial charge in [-0.25, -0.2) is 0 Å². The molecule has 0 fully saturated rings. The Kier molecular flexibility index (Phi) is 7.72. The van der Waals surface area contributed by atoms with Crippen molar-refractivity contribution in [3.05, 3.63) is 209 Å². The van der Waals surface area contributed by atoms with Gasteiger partial charge in [0.05, 0.1) is 11.4 Å². The molecule has 0 heterocycles. The molecule has 0 aliphatic heterocycles. The third kappa shape index (κ3) is 5.38. The molecule has 0 saturated carbocycles. The van der Waals surface area contributed by atoms with E-state index in [0.717, 1.165) is 55.7 Å². The Bertz CT molecular complexity index is 2800. The maximum Gasteiger partial charge on any atom is 0.0630 e. The molecule has 7 aromatic rings. The second kappa shape index (κ2) is 12.7. The first-order valence-electron chi connectivity index (χ1n) is 18.1. The monoisotopic (exact) mass is 678 g/mol. The van der Waals surface area contributed by atoms with E-state index in [2.05, 4.69) is 200 Å². The van der Waals surface area contributed by atoms with Crippen molar-refractivity contribution in [3.63, 3.8) is 0 Å². The van der Waals surface area contributed by atoms with E-state index >= 15 is 0 Å². The summed E-state index contributed by atoms with van der Waals surface area (Å²) in [6.07, 6.45) is 5.83. The van der Waals surface area contributed by atoms with Gasteiger partial charge in [-0.1, -0.05) is 142 Å². The first-order chi connectivity index (χ1) is 25.9. The van der Waals surface area contributed by atoms with Crippen LogP contribution in [0.25, 0.3) is 45.5 Å². The SMILES string of the molecule is C=Cc1ccc(N(C2=c3ccccc3=C=C=C2)c2ccc3c(c2)C(C)(C)c2cc(N(c4ccc(C=C)cc4)c4cccc5ccccc45)ccc2-3)cc1. The molecule has 252 valence electrons. The van der Waals surface area contributed by atoms with Gasteiger partial charge in [-0.2, -0.15) is 0 Å². The molecule has 0 atom stereocenters. The normalized spacial score (nSPS) is 13.1. The van der Waals surface area contributed by atoms with Crippen molar-refractivity contribution in [2.24, 2.45) is 0 Å². The van der Waals surface area contributed by atoms with E-state index in [1.165, 1.54) is 33.0 Å². The van der Waals surface area contributed by atoms with Crippen molar-refractivity contribution in [2.75, 3.05) is 9.80 Å². The number of hydrogen-bond donors (Lipinski definition) is 0. The molecule has 9 rings (SSSR count). The first kappa shape index (κ1) is 32.1. The van der Waals surface area contributed by atoms with Crippen LogP contribution in [0, 0.1) is 0 Å². The van der Waals surface area contributed by atoms with Crippen LogP contribution in [-0.4, -0.2) is 0 Å². The standard InChI is InChI=1S/C51H38N2/c1-5-35-21-25-39(26-22-35)52(49-19-11-15-37-13-7-9-17-43(37)49)41-29-31-45-46-32-30-42(34-48(46)51(3,4)47(45)33-41)53(40-27-23-36(6-2)24-28-40)50-20-12-16-38-14-8-10-18-44(38)50/h5-11,13-15,17-34H,1-2H2,3-4H3. The Labute approximate surface area is 311 Å². The number of nitrogens with zero attached hydrogens (tertiary/aromatic N) is 2. The molecule has 0 bridgehead atoms. The lowest BCUT2D eigenvalue weighted by Gasteiger charge is -2.30. The van der Waals surface area contributed by atoms with Crippen molar-refractivity contribution in [2.45, 2.75) is 19.3 Å². The Hall–Kier alpha value is -6.82. The molecule has 2 heteroatoms. The zero-order chi connectivity index (χ0) is 36.1. The summed E-state index contributed by atoms with van der Waals surface area (Å²) in [5.41, 5.74) is 20.3. The predicted octanol–water partition coefficient (Wildman–Crippen LogP) is 12.0. The van der Waals surface area contributed by atoms with E-state index in [1.54, 1.807) is 0 Å².